The Morgan fingerprint density at radius 2 is 1.73 bits per heavy atom. The Morgan fingerprint density at radius 3 is 2.35 bits per heavy atom. The minimum atomic E-state index is -0.0565. The van der Waals surface area contributed by atoms with E-state index >= 15 is 0 Å². The summed E-state index contributed by atoms with van der Waals surface area (Å²) in [6.45, 7) is 5.33. The maximum atomic E-state index is 11.0. The van der Waals surface area contributed by atoms with Gasteiger partial charge < -0.3 is 16.0 Å². The van der Waals surface area contributed by atoms with Gasteiger partial charge in [0.2, 0.25) is 5.91 Å². The topological polar surface area (TPSA) is 65.5 Å². The second-order valence-corrected chi connectivity index (χ2v) is 6.32. The third-order valence-corrected chi connectivity index (χ3v) is 4.15. The van der Waals surface area contributed by atoms with Crippen molar-refractivity contribution in [1.29, 1.82) is 0 Å². The monoisotopic (exact) mass is 352 g/mol. The molecule has 138 valence electrons. The number of guanidine groups is 1. The molecule has 3 N–H and O–H groups in total. The first-order valence-corrected chi connectivity index (χ1v) is 8.94. The molecule has 0 fully saturated rings. The molecule has 1 amide bonds. The molecule has 0 aliphatic carbocycles. The van der Waals surface area contributed by atoms with Gasteiger partial charge in [0, 0.05) is 32.7 Å². The van der Waals surface area contributed by atoms with Crippen molar-refractivity contribution in [2.75, 3.05) is 25.5 Å². The molecular weight excluding hydrogens is 324 g/mol. The largest absolute Gasteiger partial charge is 0.356 e. The highest BCUT2D eigenvalue weighted by Gasteiger charge is 2.06. The van der Waals surface area contributed by atoms with Crippen molar-refractivity contribution in [1.82, 2.24) is 10.6 Å². The number of hydrogen-bond acceptors (Lipinski definition) is 2. The number of carbonyl (C=O) groups is 1. The van der Waals surface area contributed by atoms with Crippen LogP contribution in [0.3, 0.4) is 0 Å². The molecule has 0 heterocycles. The zero-order valence-electron chi connectivity index (χ0n) is 15.8. The average molecular weight is 352 g/mol. The fourth-order valence-electron chi connectivity index (χ4n) is 2.65. The number of aliphatic imine (C=N–C) groups is 1. The summed E-state index contributed by atoms with van der Waals surface area (Å²) in [5.41, 5.74) is 3.34. The molecule has 0 aromatic heterocycles. The Kier molecular flexibility index (Phi) is 7.68. The number of hydrogen-bond donors (Lipinski definition) is 3. The quantitative estimate of drug-likeness (QED) is 0.530. The molecule has 2 rings (SSSR count). The van der Waals surface area contributed by atoms with E-state index in [-0.39, 0.29) is 5.91 Å². The molecule has 0 saturated heterocycles. The summed E-state index contributed by atoms with van der Waals surface area (Å²) in [7, 11) is 1.78. The maximum Gasteiger partial charge on any atom is 0.221 e. The number of anilines is 1. The third kappa shape index (κ3) is 6.59. The lowest BCUT2D eigenvalue weighted by atomic mass is 10.0. The number of nitrogens with zero attached hydrogens (tertiary/aromatic N) is 1. The zero-order valence-corrected chi connectivity index (χ0v) is 15.8. The molecule has 0 spiro atoms. The van der Waals surface area contributed by atoms with Crippen LogP contribution < -0.4 is 16.0 Å². The van der Waals surface area contributed by atoms with Crippen LogP contribution in [0, 0.1) is 0 Å². The molecule has 0 bridgehead atoms. The molecule has 5 heteroatoms. The molecule has 0 radical (unpaired) electrons. The van der Waals surface area contributed by atoms with Crippen molar-refractivity contribution >= 4 is 17.6 Å². The van der Waals surface area contributed by atoms with E-state index in [1.807, 2.05) is 30.3 Å². The SMILES string of the molecule is CN=C(NCCc1ccc(NC(C)=O)cc1)NCC(C)c1ccccc1. The molecule has 0 aliphatic heterocycles. The van der Waals surface area contributed by atoms with Crippen LogP contribution in [0.15, 0.2) is 59.6 Å². The summed E-state index contributed by atoms with van der Waals surface area (Å²) in [4.78, 5) is 15.3. The fourth-order valence-corrected chi connectivity index (χ4v) is 2.65. The first-order chi connectivity index (χ1) is 12.6. The molecule has 1 unspecified atom stereocenters. The lowest BCUT2D eigenvalue weighted by Crippen LogP contribution is -2.39. The van der Waals surface area contributed by atoms with E-state index in [1.54, 1.807) is 7.05 Å². The van der Waals surface area contributed by atoms with E-state index in [9.17, 15) is 4.79 Å². The first kappa shape index (κ1) is 19.5. The summed E-state index contributed by atoms with van der Waals surface area (Å²) in [6, 6.07) is 18.4. The highest BCUT2D eigenvalue weighted by molar-refractivity contribution is 5.88. The van der Waals surface area contributed by atoms with Crippen molar-refractivity contribution in [3.05, 3.63) is 65.7 Å². The number of amides is 1. The van der Waals surface area contributed by atoms with E-state index in [0.717, 1.165) is 31.2 Å². The Morgan fingerprint density at radius 1 is 1.04 bits per heavy atom. The van der Waals surface area contributed by atoms with E-state index in [4.69, 9.17) is 0 Å². The molecule has 5 nitrogen and oxygen atoms in total. The highest BCUT2D eigenvalue weighted by atomic mass is 16.1. The molecule has 0 saturated carbocycles. The van der Waals surface area contributed by atoms with Crippen LogP contribution in [0.25, 0.3) is 0 Å². The van der Waals surface area contributed by atoms with Crippen LogP contribution in [0.5, 0.6) is 0 Å². The minimum Gasteiger partial charge on any atom is -0.356 e. The Labute approximate surface area is 155 Å². The predicted octanol–water partition coefficient (Wildman–Crippen LogP) is 3.16. The maximum absolute atomic E-state index is 11.0. The second kappa shape index (κ2) is 10.2. The van der Waals surface area contributed by atoms with Crippen molar-refractivity contribution in [2.24, 2.45) is 4.99 Å². The summed E-state index contributed by atoms with van der Waals surface area (Å²) < 4.78 is 0. The van der Waals surface area contributed by atoms with Gasteiger partial charge in [-0.25, -0.2) is 0 Å². The van der Waals surface area contributed by atoms with Crippen molar-refractivity contribution < 1.29 is 4.79 Å². The summed E-state index contributed by atoms with van der Waals surface area (Å²) in [5, 5.41) is 9.49. The van der Waals surface area contributed by atoms with Gasteiger partial charge in [-0.15, -0.1) is 0 Å². The van der Waals surface area contributed by atoms with Crippen LogP contribution in [0.1, 0.15) is 30.9 Å². The van der Waals surface area contributed by atoms with Crippen LogP contribution in [-0.2, 0) is 11.2 Å². The summed E-state index contributed by atoms with van der Waals surface area (Å²) >= 11 is 0. The normalized spacial score (nSPS) is 12.3. The van der Waals surface area contributed by atoms with Crippen LogP contribution in [0.4, 0.5) is 5.69 Å². The number of nitrogens with one attached hydrogen (secondary N) is 3. The first-order valence-electron chi connectivity index (χ1n) is 8.94. The van der Waals surface area contributed by atoms with E-state index < -0.39 is 0 Å². The van der Waals surface area contributed by atoms with E-state index in [1.165, 1.54) is 18.1 Å². The second-order valence-electron chi connectivity index (χ2n) is 6.32. The van der Waals surface area contributed by atoms with Crippen molar-refractivity contribution in [2.45, 2.75) is 26.2 Å². The van der Waals surface area contributed by atoms with Crippen molar-refractivity contribution in [3.63, 3.8) is 0 Å². The molecule has 0 aliphatic rings. The molecule has 26 heavy (non-hydrogen) atoms. The number of benzene rings is 2. The number of carbonyl (C=O) groups excluding carboxylic acids is 1. The van der Waals surface area contributed by atoms with Gasteiger partial charge in [0.15, 0.2) is 5.96 Å². The Balaban J connectivity index is 1.74. The number of rotatable bonds is 7. The van der Waals surface area contributed by atoms with Gasteiger partial charge in [0.05, 0.1) is 0 Å². The molecule has 2 aromatic rings. The van der Waals surface area contributed by atoms with Gasteiger partial charge in [0.1, 0.15) is 0 Å². The van der Waals surface area contributed by atoms with E-state index in [2.05, 4.69) is 52.1 Å². The average Bonchev–Trinajstić information content (AvgIpc) is 2.66. The molecular formula is C21H28N4O. The lowest BCUT2D eigenvalue weighted by Gasteiger charge is -2.16. The molecule has 2 aromatic carbocycles. The minimum absolute atomic E-state index is 0.0565. The van der Waals surface area contributed by atoms with Crippen molar-refractivity contribution in [3.8, 4) is 0 Å². The zero-order chi connectivity index (χ0) is 18.8. The third-order valence-electron chi connectivity index (χ3n) is 4.15. The van der Waals surface area contributed by atoms with Gasteiger partial charge in [-0.1, -0.05) is 49.4 Å². The van der Waals surface area contributed by atoms with Crippen LogP contribution in [-0.4, -0.2) is 32.0 Å². The summed E-state index contributed by atoms with van der Waals surface area (Å²) in [5.74, 6) is 1.16. The summed E-state index contributed by atoms with van der Waals surface area (Å²) in [6.07, 6.45) is 0.884. The van der Waals surface area contributed by atoms with Gasteiger partial charge in [-0.05, 0) is 35.6 Å². The Hall–Kier alpha value is -2.82. The lowest BCUT2D eigenvalue weighted by molar-refractivity contribution is -0.114. The molecule has 1 atom stereocenters. The highest BCUT2D eigenvalue weighted by Crippen LogP contribution is 2.13. The van der Waals surface area contributed by atoms with E-state index in [0.29, 0.717) is 5.92 Å². The van der Waals surface area contributed by atoms with Gasteiger partial charge in [-0.3, -0.25) is 9.79 Å². The predicted molar refractivity (Wildman–Crippen MR) is 109 cm³/mol. The van der Waals surface area contributed by atoms with Gasteiger partial charge in [-0.2, -0.15) is 0 Å². The fraction of sp³-hybridized carbons (Fsp3) is 0.333. The smallest absolute Gasteiger partial charge is 0.221 e. The Bertz CT molecular complexity index is 711. The van der Waals surface area contributed by atoms with Gasteiger partial charge in [0.25, 0.3) is 0 Å². The van der Waals surface area contributed by atoms with Crippen LogP contribution in [0.2, 0.25) is 0 Å². The van der Waals surface area contributed by atoms with Crippen LogP contribution >= 0.6 is 0 Å². The standard InChI is InChI=1S/C21H28N4O/c1-16(19-7-5-4-6-8-19)15-24-21(22-3)23-14-13-18-9-11-20(12-10-18)25-17(2)26/h4-12,16H,13-15H2,1-3H3,(H,25,26)(H2,22,23,24). The van der Waals surface area contributed by atoms with Gasteiger partial charge >= 0.3 is 0 Å².